The standard InChI is InChI=1S/C23H27N3O3/c27-22(21-13-20(25-29-21)16-5-6-16)24-19-9-7-17(8-10-19)23(28)26-12-11-15-3-1-2-4-18(15)14-26/h1-4,13,16-17,19H,5-12,14H2,(H,24,27). The number of nitrogens with one attached hydrogen (secondary N) is 1. The summed E-state index contributed by atoms with van der Waals surface area (Å²) in [6.07, 6.45) is 6.51. The maximum Gasteiger partial charge on any atom is 0.290 e. The van der Waals surface area contributed by atoms with Crippen molar-refractivity contribution in [2.24, 2.45) is 5.92 Å². The van der Waals surface area contributed by atoms with Crippen molar-refractivity contribution in [3.8, 4) is 0 Å². The molecule has 3 aliphatic rings. The van der Waals surface area contributed by atoms with Crippen molar-refractivity contribution in [1.29, 1.82) is 0 Å². The molecule has 0 atom stereocenters. The molecule has 1 aromatic heterocycles. The van der Waals surface area contributed by atoms with E-state index < -0.39 is 0 Å². The van der Waals surface area contributed by atoms with Crippen LogP contribution in [0, 0.1) is 5.92 Å². The van der Waals surface area contributed by atoms with Crippen LogP contribution in [-0.4, -0.2) is 34.5 Å². The predicted molar refractivity (Wildman–Crippen MR) is 107 cm³/mol. The van der Waals surface area contributed by atoms with Gasteiger partial charge in [0, 0.05) is 37.0 Å². The molecule has 2 heterocycles. The second-order valence-corrected chi connectivity index (χ2v) is 8.69. The minimum atomic E-state index is -0.188. The molecule has 1 N–H and O–H groups in total. The Kier molecular flexibility index (Phi) is 4.86. The molecule has 152 valence electrons. The van der Waals surface area contributed by atoms with Crippen LogP contribution in [-0.2, 0) is 17.8 Å². The van der Waals surface area contributed by atoms with Gasteiger partial charge in [-0.15, -0.1) is 0 Å². The lowest BCUT2D eigenvalue weighted by Crippen LogP contribution is -2.43. The molecule has 6 heteroatoms. The van der Waals surface area contributed by atoms with Gasteiger partial charge in [-0.3, -0.25) is 9.59 Å². The number of amides is 2. The number of fused-ring (bicyclic) bond motifs is 1. The molecule has 2 fully saturated rings. The Bertz CT molecular complexity index is 910. The van der Waals surface area contributed by atoms with Gasteiger partial charge in [-0.1, -0.05) is 29.4 Å². The fourth-order valence-electron chi connectivity index (χ4n) is 4.65. The number of carbonyl (C=O) groups is 2. The van der Waals surface area contributed by atoms with Crippen molar-refractivity contribution in [1.82, 2.24) is 15.4 Å². The molecule has 5 rings (SSSR count). The zero-order valence-electron chi connectivity index (χ0n) is 16.6. The molecule has 1 aromatic carbocycles. The highest BCUT2D eigenvalue weighted by atomic mass is 16.5. The first-order chi connectivity index (χ1) is 14.2. The molecule has 6 nitrogen and oxygen atoms in total. The maximum absolute atomic E-state index is 13.0. The molecular weight excluding hydrogens is 366 g/mol. The van der Waals surface area contributed by atoms with E-state index in [1.807, 2.05) is 11.0 Å². The van der Waals surface area contributed by atoms with Crippen LogP contribution in [0.15, 0.2) is 34.9 Å². The molecule has 2 saturated carbocycles. The molecule has 2 aromatic rings. The highest BCUT2D eigenvalue weighted by molar-refractivity contribution is 5.91. The number of rotatable bonds is 4. The third kappa shape index (κ3) is 3.93. The predicted octanol–water partition coefficient (Wildman–Crippen LogP) is 3.43. The monoisotopic (exact) mass is 393 g/mol. The van der Waals surface area contributed by atoms with Crippen LogP contribution in [0.1, 0.15) is 71.8 Å². The Morgan fingerprint density at radius 2 is 1.79 bits per heavy atom. The topological polar surface area (TPSA) is 75.4 Å². The summed E-state index contributed by atoms with van der Waals surface area (Å²) in [5.41, 5.74) is 3.53. The number of carbonyl (C=O) groups excluding carboxylic acids is 2. The number of benzene rings is 1. The molecule has 2 amide bonds. The van der Waals surface area contributed by atoms with Crippen molar-refractivity contribution in [3.63, 3.8) is 0 Å². The Morgan fingerprint density at radius 1 is 1.03 bits per heavy atom. The van der Waals surface area contributed by atoms with Gasteiger partial charge in [0.1, 0.15) is 0 Å². The van der Waals surface area contributed by atoms with Gasteiger partial charge in [0.25, 0.3) is 5.91 Å². The lowest BCUT2D eigenvalue weighted by atomic mass is 9.84. The van der Waals surface area contributed by atoms with Crippen molar-refractivity contribution < 1.29 is 14.1 Å². The second kappa shape index (κ2) is 7.65. The average Bonchev–Trinajstić information content (AvgIpc) is 3.49. The van der Waals surface area contributed by atoms with Crippen LogP contribution in [0.4, 0.5) is 0 Å². The molecular formula is C23H27N3O3. The largest absolute Gasteiger partial charge is 0.351 e. The van der Waals surface area contributed by atoms with E-state index in [1.54, 1.807) is 6.07 Å². The first kappa shape index (κ1) is 18.4. The number of aromatic nitrogens is 1. The summed E-state index contributed by atoms with van der Waals surface area (Å²) in [6, 6.07) is 10.3. The molecule has 29 heavy (non-hydrogen) atoms. The molecule has 0 saturated heterocycles. The van der Waals surface area contributed by atoms with E-state index >= 15 is 0 Å². The van der Waals surface area contributed by atoms with Crippen molar-refractivity contribution in [2.45, 2.75) is 63.5 Å². The van der Waals surface area contributed by atoms with E-state index in [1.165, 1.54) is 11.1 Å². The zero-order valence-corrected chi connectivity index (χ0v) is 16.6. The highest BCUT2D eigenvalue weighted by Crippen LogP contribution is 2.39. The van der Waals surface area contributed by atoms with Gasteiger partial charge in [-0.2, -0.15) is 0 Å². The molecule has 0 spiro atoms. The first-order valence-corrected chi connectivity index (χ1v) is 10.8. The summed E-state index contributed by atoms with van der Waals surface area (Å²) in [4.78, 5) is 27.4. The van der Waals surface area contributed by atoms with Crippen molar-refractivity contribution >= 4 is 11.8 Å². The maximum atomic E-state index is 13.0. The molecule has 1 aliphatic heterocycles. The van der Waals surface area contributed by atoms with E-state index in [0.717, 1.165) is 63.7 Å². The summed E-state index contributed by atoms with van der Waals surface area (Å²) in [5.74, 6) is 0.932. The number of hydrogen-bond acceptors (Lipinski definition) is 4. The second-order valence-electron chi connectivity index (χ2n) is 8.69. The highest BCUT2D eigenvalue weighted by Gasteiger charge is 2.32. The van der Waals surface area contributed by atoms with Gasteiger partial charge >= 0.3 is 0 Å². The summed E-state index contributed by atoms with van der Waals surface area (Å²) in [6.45, 7) is 1.53. The van der Waals surface area contributed by atoms with E-state index in [-0.39, 0.29) is 23.8 Å². The van der Waals surface area contributed by atoms with Crippen LogP contribution in [0.2, 0.25) is 0 Å². The average molecular weight is 393 g/mol. The van der Waals surface area contributed by atoms with Gasteiger partial charge in [-0.25, -0.2) is 0 Å². The van der Waals surface area contributed by atoms with E-state index in [4.69, 9.17) is 4.52 Å². The van der Waals surface area contributed by atoms with E-state index in [2.05, 4.69) is 28.7 Å². The molecule has 0 bridgehead atoms. The number of hydrogen-bond donors (Lipinski definition) is 1. The van der Waals surface area contributed by atoms with Crippen molar-refractivity contribution in [3.05, 3.63) is 52.9 Å². The minimum Gasteiger partial charge on any atom is -0.351 e. The normalized spacial score (nSPS) is 24.1. The fourth-order valence-corrected chi connectivity index (χ4v) is 4.65. The Hall–Kier alpha value is -2.63. The minimum absolute atomic E-state index is 0.0696. The SMILES string of the molecule is O=C(NC1CCC(C(=O)N2CCc3ccccc3C2)CC1)c1cc(C2CC2)no1. The smallest absolute Gasteiger partial charge is 0.290 e. The van der Waals surface area contributed by atoms with Gasteiger partial charge in [0.15, 0.2) is 0 Å². The van der Waals surface area contributed by atoms with Crippen LogP contribution in [0.5, 0.6) is 0 Å². The Balaban J connectivity index is 1.12. The van der Waals surface area contributed by atoms with Gasteiger partial charge in [0.2, 0.25) is 11.7 Å². The number of nitrogens with zero attached hydrogens (tertiary/aromatic N) is 2. The lowest BCUT2D eigenvalue weighted by Gasteiger charge is -2.34. The van der Waals surface area contributed by atoms with Crippen LogP contribution in [0.25, 0.3) is 0 Å². The first-order valence-electron chi connectivity index (χ1n) is 10.8. The quantitative estimate of drug-likeness (QED) is 0.864. The third-order valence-corrected chi connectivity index (χ3v) is 6.60. The van der Waals surface area contributed by atoms with Crippen LogP contribution < -0.4 is 5.32 Å². The summed E-state index contributed by atoms with van der Waals surface area (Å²) >= 11 is 0. The Morgan fingerprint density at radius 3 is 2.55 bits per heavy atom. The van der Waals surface area contributed by atoms with Crippen LogP contribution >= 0.6 is 0 Å². The van der Waals surface area contributed by atoms with Gasteiger partial charge < -0.3 is 14.7 Å². The zero-order chi connectivity index (χ0) is 19.8. The molecule has 0 radical (unpaired) electrons. The van der Waals surface area contributed by atoms with Crippen LogP contribution in [0.3, 0.4) is 0 Å². The summed E-state index contributed by atoms with van der Waals surface area (Å²) in [5, 5.41) is 7.07. The van der Waals surface area contributed by atoms with E-state index in [9.17, 15) is 9.59 Å². The molecule has 2 aliphatic carbocycles. The van der Waals surface area contributed by atoms with Crippen molar-refractivity contribution in [2.75, 3.05) is 6.54 Å². The van der Waals surface area contributed by atoms with E-state index in [0.29, 0.717) is 11.7 Å². The molecule has 0 unspecified atom stereocenters. The Labute approximate surface area is 170 Å². The third-order valence-electron chi connectivity index (χ3n) is 6.60. The summed E-state index contributed by atoms with van der Waals surface area (Å²) < 4.78 is 5.21. The fraction of sp³-hybridized carbons (Fsp3) is 0.522. The van der Waals surface area contributed by atoms with Gasteiger partial charge in [0.05, 0.1) is 5.69 Å². The summed E-state index contributed by atoms with van der Waals surface area (Å²) in [7, 11) is 0. The lowest BCUT2D eigenvalue weighted by molar-refractivity contribution is -0.137. The van der Waals surface area contributed by atoms with Gasteiger partial charge in [-0.05, 0) is 56.1 Å².